The van der Waals surface area contributed by atoms with Crippen LogP contribution >= 0.6 is 0 Å². The third-order valence-corrected chi connectivity index (χ3v) is 5.08. The van der Waals surface area contributed by atoms with Crippen molar-refractivity contribution in [2.24, 2.45) is 0 Å². The van der Waals surface area contributed by atoms with Crippen LogP contribution in [0.3, 0.4) is 0 Å². The van der Waals surface area contributed by atoms with Crippen LogP contribution in [0, 0.1) is 0 Å². The molecule has 6 nitrogen and oxygen atoms in total. The lowest BCUT2D eigenvalue weighted by Gasteiger charge is -2.21. The second kappa shape index (κ2) is 9.64. The van der Waals surface area contributed by atoms with Crippen LogP contribution in [0.5, 0.6) is 0 Å². The summed E-state index contributed by atoms with van der Waals surface area (Å²) in [6.45, 7) is 8.22. The molecule has 0 bridgehead atoms. The quantitative estimate of drug-likeness (QED) is 0.700. The number of amides is 1. The number of hydrogen-bond donors (Lipinski definition) is 1. The fraction of sp³-hybridized carbons (Fsp3) is 0.588. The average Bonchev–Trinajstić information content (AvgIpc) is 2.53. The Balaban J connectivity index is 2.69. The standard InChI is InChI=1S/C17H29N3O3S/c1-5-8-13-20(24(4,22)23)14-17(21)18-15-9-11-16(12-10-15)19(6-2)7-3/h9-12H,5-8,13-14H2,1-4H3,(H,18,21). The van der Waals surface area contributed by atoms with Gasteiger partial charge in [0.15, 0.2) is 0 Å². The highest BCUT2D eigenvalue weighted by molar-refractivity contribution is 7.88. The number of hydrogen-bond acceptors (Lipinski definition) is 4. The van der Waals surface area contributed by atoms with E-state index in [2.05, 4.69) is 24.1 Å². The second-order valence-electron chi connectivity index (χ2n) is 5.72. The Bertz CT molecular complexity index is 610. The van der Waals surface area contributed by atoms with E-state index in [1.807, 2.05) is 31.2 Å². The van der Waals surface area contributed by atoms with Crippen LogP contribution in [-0.4, -0.2) is 51.1 Å². The van der Waals surface area contributed by atoms with Crippen molar-refractivity contribution in [3.63, 3.8) is 0 Å². The molecule has 1 aromatic rings. The van der Waals surface area contributed by atoms with Gasteiger partial charge in [-0.25, -0.2) is 8.42 Å². The van der Waals surface area contributed by atoms with Crippen molar-refractivity contribution in [1.29, 1.82) is 0 Å². The van der Waals surface area contributed by atoms with Crippen molar-refractivity contribution in [2.45, 2.75) is 33.6 Å². The topological polar surface area (TPSA) is 69.7 Å². The average molecular weight is 356 g/mol. The third-order valence-electron chi connectivity index (χ3n) is 3.83. The fourth-order valence-electron chi connectivity index (χ4n) is 2.40. The van der Waals surface area contributed by atoms with Gasteiger partial charge in [-0.2, -0.15) is 4.31 Å². The Labute approximate surface area is 145 Å². The number of anilines is 2. The summed E-state index contributed by atoms with van der Waals surface area (Å²) >= 11 is 0. The smallest absolute Gasteiger partial charge is 0.239 e. The highest BCUT2D eigenvalue weighted by atomic mass is 32.2. The second-order valence-corrected chi connectivity index (χ2v) is 7.70. The minimum atomic E-state index is -3.38. The summed E-state index contributed by atoms with van der Waals surface area (Å²) in [4.78, 5) is 14.3. The van der Waals surface area contributed by atoms with E-state index in [0.717, 1.165) is 37.9 Å². The normalized spacial score (nSPS) is 11.5. The maximum absolute atomic E-state index is 12.1. The van der Waals surface area contributed by atoms with E-state index in [0.29, 0.717) is 12.2 Å². The zero-order valence-corrected chi connectivity index (χ0v) is 15.9. The Morgan fingerprint density at radius 1 is 1.08 bits per heavy atom. The van der Waals surface area contributed by atoms with Gasteiger partial charge < -0.3 is 10.2 Å². The summed E-state index contributed by atoms with van der Waals surface area (Å²) in [6.07, 6.45) is 2.74. The summed E-state index contributed by atoms with van der Waals surface area (Å²) in [5, 5.41) is 2.76. The molecule has 0 unspecified atom stereocenters. The molecule has 0 saturated carbocycles. The van der Waals surface area contributed by atoms with E-state index in [1.165, 1.54) is 4.31 Å². The molecule has 1 rings (SSSR count). The van der Waals surface area contributed by atoms with Gasteiger partial charge in [-0.05, 0) is 44.5 Å². The number of rotatable bonds is 10. The molecular formula is C17H29N3O3S. The first-order valence-electron chi connectivity index (χ1n) is 8.41. The summed E-state index contributed by atoms with van der Waals surface area (Å²) < 4.78 is 24.7. The lowest BCUT2D eigenvalue weighted by molar-refractivity contribution is -0.116. The van der Waals surface area contributed by atoms with Gasteiger partial charge in [0.25, 0.3) is 0 Å². The molecule has 0 spiro atoms. The molecule has 0 aliphatic carbocycles. The molecular weight excluding hydrogens is 326 g/mol. The van der Waals surface area contributed by atoms with E-state index < -0.39 is 10.0 Å². The van der Waals surface area contributed by atoms with Crippen molar-refractivity contribution in [2.75, 3.05) is 42.7 Å². The van der Waals surface area contributed by atoms with Gasteiger partial charge in [-0.1, -0.05) is 13.3 Å². The van der Waals surface area contributed by atoms with Gasteiger partial charge in [-0.15, -0.1) is 0 Å². The largest absolute Gasteiger partial charge is 0.372 e. The van der Waals surface area contributed by atoms with Gasteiger partial charge in [0, 0.05) is 31.0 Å². The van der Waals surface area contributed by atoms with Crippen LogP contribution in [-0.2, 0) is 14.8 Å². The maximum atomic E-state index is 12.1. The van der Waals surface area contributed by atoms with Crippen molar-refractivity contribution < 1.29 is 13.2 Å². The Kier molecular flexibility index (Phi) is 8.21. The molecule has 0 saturated heterocycles. The number of carbonyl (C=O) groups is 1. The number of unbranched alkanes of at least 4 members (excludes halogenated alkanes) is 1. The van der Waals surface area contributed by atoms with E-state index in [4.69, 9.17) is 0 Å². The maximum Gasteiger partial charge on any atom is 0.239 e. The van der Waals surface area contributed by atoms with Crippen LogP contribution in [0.15, 0.2) is 24.3 Å². The van der Waals surface area contributed by atoms with Crippen molar-refractivity contribution in [1.82, 2.24) is 4.31 Å². The number of nitrogens with zero attached hydrogens (tertiary/aromatic N) is 2. The molecule has 1 N–H and O–H groups in total. The molecule has 0 atom stereocenters. The number of sulfonamides is 1. The monoisotopic (exact) mass is 355 g/mol. The molecule has 0 aliphatic heterocycles. The van der Waals surface area contributed by atoms with Gasteiger partial charge >= 0.3 is 0 Å². The molecule has 7 heteroatoms. The first kappa shape index (κ1) is 20.4. The molecule has 0 fully saturated rings. The number of nitrogens with one attached hydrogen (secondary N) is 1. The molecule has 136 valence electrons. The predicted molar refractivity (Wildman–Crippen MR) is 100.0 cm³/mol. The van der Waals surface area contributed by atoms with Crippen LogP contribution in [0.2, 0.25) is 0 Å². The van der Waals surface area contributed by atoms with E-state index in [9.17, 15) is 13.2 Å². The van der Waals surface area contributed by atoms with Crippen LogP contribution in [0.1, 0.15) is 33.6 Å². The lowest BCUT2D eigenvalue weighted by atomic mass is 10.2. The fourth-order valence-corrected chi connectivity index (χ4v) is 3.21. The Morgan fingerprint density at radius 3 is 2.12 bits per heavy atom. The molecule has 0 aliphatic rings. The first-order chi connectivity index (χ1) is 11.3. The SMILES string of the molecule is CCCCN(CC(=O)Nc1ccc(N(CC)CC)cc1)S(C)(=O)=O. The highest BCUT2D eigenvalue weighted by Crippen LogP contribution is 2.17. The van der Waals surface area contributed by atoms with Crippen LogP contribution < -0.4 is 10.2 Å². The zero-order valence-electron chi connectivity index (χ0n) is 15.1. The third kappa shape index (κ3) is 6.49. The minimum absolute atomic E-state index is 0.156. The van der Waals surface area contributed by atoms with Gasteiger partial charge in [0.05, 0.1) is 12.8 Å². The minimum Gasteiger partial charge on any atom is -0.372 e. The zero-order chi connectivity index (χ0) is 18.2. The molecule has 24 heavy (non-hydrogen) atoms. The predicted octanol–water partition coefficient (Wildman–Crippen LogP) is 2.53. The summed E-state index contributed by atoms with van der Waals surface area (Å²) in [5.41, 5.74) is 1.76. The summed E-state index contributed by atoms with van der Waals surface area (Å²) in [5.74, 6) is -0.327. The van der Waals surface area contributed by atoms with Crippen molar-refractivity contribution in [3.8, 4) is 0 Å². The van der Waals surface area contributed by atoms with Gasteiger partial charge in [0.2, 0.25) is 15.9 Å². The van der Waals surface area contributed by atoms with E-state index >= 15 is 0 Å². The van der Waals surface area contributed by atoms with Gasteiger partial charge in [-0.3, -0.25) is 4.79 Å². The Morgan fingerprint density at radius 2 is 1.67 bits per heavy atom. The highest BCUT2D eigenvalue weighted by Gasteiger charge is 2.19. The number of carbonyl (C=O) groups excluding carboxylic acids is 1. The first-order valence-corrected chi connectivity index (χ1v) is 10.3. The van der Waals surface area contributed by atoms with Crippen LogP contribution in [0.4, 0.5) is 11.4 Å². The molecule has 1 aromatic carbocycles. The molecule has 0 radical (unpaired) electrons. The number of benzene rings is 1. The molecule has 0 heterocycles. The van der Waals surface area contributed by atoms with Crippen LogP contribution in [0.25, 0.3) is 0 Å². The van der Waals surface area contributed by atoms with Crippen molar-refractivity contribution in [3.05, 3.63) is 24.3 Å². The lowest BCUT2D eigenvalue weighted by Crippen LogP contribution is -2.38. The molecule has 0 aromatic heterocycles. The Hall–Kier alpha value is -1.60. The summed E-state index contributed by atoms with van der Waals surface area (Å²) in [6, 6.07) is 7.58. The van der Waals surface area contributed by atoms with Gasteiger partial charge in [0.1, 0.15) is 0 Å². The van der Waals surface area contributed by atoms with Crippen molar-refractivity contribution >= 4 is 27.3 Å². The van der Waals surface area contributed by atoms with E-state index in [-0.39, 0.29) is 12.5 Å². The summed E-state index contributed by atoms with van der Waals surface area (Å²) in [7, 11) is -3.38. The van der Waals surface area contributed by atoms with E-state index in [1.54, 1.807) is 0 Å². The molecule has 1 amide bonds.